The van der Waals surface area contributed by atoms with Gasteiger partial charge >= 0.3 is 5.97 Å². The minimum atomic E-state index is -0.0111. The molecule has 3 atom stereocenters. The van der Waals surface area contributed by atoms with Crippen molar-refractivity contribution >= 4 is 5.97 Å². The Bertz CT molecular complexity index is 308. The highest BCUT2D eigenvalue weighted by Crippen LogP contribution is 2.39. The van der Waals surface area contributed by atoms with Crippen molar-refractivity contribution in [1.82, 2.24) is 0 Å². The van der Waals surface area contributed by atoms with Gasteiger partial charge in [-0.3, -0.25) is 4.79 Å². The van der Waals surface area contributed by atoms with E-state index in [1.54, 1.807) is 0 Å². The van der Waals surface area contributed by atoms with Crippen LogP contribution in [0.2, 0.25) is 0 Å². The predicted octanol–water partition coefficient (Wildman–Crippen LogP) is 4.29. The third kappa shape index (κ3) is 7.30. The first-order valence-electron chi connectivity index (χ1n) is 8.76. The molecule has 3 unspecified atom stereocenters. The van der Waals surface area contributed by atoms with Crippen LogP contribution < -0.4 is 5.73 Å². The van der Waals surface area contributed by atoms with Crippen LogP contribution in [-0.4, -0.2) is 18.6 Å². The lowest BCUT2D eigenvalue weighted by molar-refractivity contribution is -0.153. The Balaban J connectivity index is 2.35. The van der Waals surface area contributed by atoms with Gasteiger partial charge in [-0.05, 0) is 55.9 Å². The van der Waals surface area contributed by atoms with Crippen molar-refractivity contribution < 1.29 is 9.53 Å². The summed E-state index contributed by atoms with van der Waals surface area (Å²) in [5, 5.41) is 0. The maximum atomic E-state index is 12.1. The monoisotopic (exact) mass is 297 g/mol. The molecule has 0 bridgehead atoms. The van der Waals surface area contributed by atoms with Crippen LogP contribution in [0.3, 0.4) is 0 Å². The van der Waals surface area contributed by atoms with E-state index in [2.05, 4.69) is 27.7 Å². The summed E-state index contributed by atoms with van der Waals surface area (Å²) in [6, 6.07) is 0. The second-order valence-electron chi connectivity index (χ2n) is 7.80. The molecule has 1 fully saturated rings. The van der Waals surface area contributed by atoms with Gasteiger partial charge in [0, 0.05) is 6.42 Å². The minimum absolute atomic E-state index is 0.0111. The SMILES string of the molecule is CCCC(CCN)CCC(=O)OC1CC(C)CC(C)(C)C1. The van der Waals surface area contributed by atoms with Gasteiger partial charge in [-0.2, -0.15) is 0 Å². The van der Waals surface area contributed by atoms with Gasteiger partial charge in [0.15, 0.2) is 0 Å². The van der Waals surface area contributed by atoms with E-state index in [-0.39, 0.29) is 12.1 Å². The lowest BCUT2D eigenvalue weighted by Crippen LogP contribution is -2.34. The zero-order chi connectivity index (χ0) is 15.9. The molecule has 0 aromatic heterocycles. The molecule has 0 aromatic carbocycles. The van der Waals surface area contributed by atoms with Gasteiger partial charge in [-0.15, -0.1) is 0 Å². The third-order valence-corrected chi connectivity index (χ3v) is 4.67. The van der Waals surface area contributed by atoms with E-state index in [0.29, 0.717) is 30.2 Å². The zero-order valence-electron chi connectivity index (χ0n) is 14.5. The summed E-state index contributed by atoms with van der Waals surface area (Å²) < 4.78 is 5.73. The molecule has 1 saturated carbocycles. The van der Waals surface area contributed by atoms with Crippen LogP contribution in [0.4, 0.5) is 0 Å². The summed E-state index contributed by atoms with van der Waals surface area (Å²) in [5.41, 5.74) is 5.94. The molecular weight excluding hydrogens is 262 g/mol. The average molecular weight is 297 g/mol. The van der Waals surface area contributed by atoms with Gasteiger partial charge in [0.05, 0.1) is 0 Å². The highest BCUT2D eigenvalue weighted by atomic mass is 16.5. The number of hydrogen-bond donors (Lipinski definition) is 1. The highest BCUT2D eigenvalue weighted by molar-refractivity contribution is 5.69. The molecule has 0 saturated heterocycles. The van der Waals surface area contributed by atoms with Gasteiger partial charge in [-0.25, -0.2) is 0 Å². The Morgan fingerprint density at radius 1 is 1.29 bits per heavy atom. The number of hydrogen-bond acceptors (Lipinski definition) is 3. The lowest BCUT2D eigenvalue weighted by atomic mass is 9.71. The molecule has 3 nitrogen and oxygen atoms in total. The summed E-state index contributed by atoms with van der Waals surface area (Å²) in [5.74, 6) is 1.22. The normalized spacial score (nSPS) is 26.3. The van der Waals surface area contributed by atoms with Crippen molar-refractivity contribution in [3.63, 3.8) is 0 Å². The number of rotatable bonds is 8. The number of carbonyl (C=O) groups is 1. The first kappa shape index (κ1) is 18.5. The van der Waals surface area contributed by atoms with E-state index in [4.69, 9.17) is 10.5 Å². The molecule has 2 N–H and O–H groups in total. The Morgan fingerprint density at radius 3 is 2.57 bits per heavy atom. The largest absolute Gasteiger partial charge is 0.462 e. The van der Waals surface area contributed by atoms with E-state index in [1.807, 2.05) is 0 Å². The fourth-order valence-electron chi connectivity index (χ4n) is 3.99. The Kier molecular flexibility index (Phi) is 7.72. The number of esters is 1. The first-order chi connectivity index (χ1) is 9.86. The summed E-state index contributed by atoms with van der Waals surface area (Å²) >= 11 is 0. The van der Waals surface area contributed by atoms with Crippen molar-refractivity contribution in [3.8, 4) is 0 Å². The number of nitrogens with two attached hydrogens (primary N) is 1. The van der Waals surface area contributed by atoms with E-state index in [9.17, 15) is 4.79 Å². The van der Waals surface area contributed by atoms with Gasteiger partial charge in [-0.1, -0.05) is 40.5 Å². The maximum Gasteiger partial charge on any atom is 0.306 e. The van der Waals surface area contributed by atoms with Gasteiger partial charge in [0.1, 0.15) is 6.10 Å². The van der Waals surface area contributed by atoms with Crippen molar-refractivity contribution in [2.45, 2.75) is 85.2 Å². The van der Waals surface area contributed by atoms with Crippen LogP contribution in [0.1, 0.15) is 79.1 Å². The summed E-state index contributed by atoms with van der Waals surface area (Å²) in [4.78, 5) is 12.1. The van der Waals surface area contributed by atoms with Crippen molar-refractivity contribution in [3.05, 3.63) is 0 Å². The number of ether oxygens (including phenoxy) is 1. The van der Waals surface area contributed by atoms with Gasteiger partial charge < -0.3 is 10.5 Å². The molecule has 1 aliphatic rings. The molecular formula is C18H35NO2. The molecule has 0 spiro atoms. The van der Waals surface area contributed by atoms with Crippen LogP contribution in [0.25, 0.3) is 0 Å². The quantitative estimate of drug-likeness (QED) is 0.680. The fraction of sp³-hybridized carbons (Fsp3) is 0.944. The van der Waals surface area contributed by atoms with E-state index >= 15 is 0 Å². The molecule has 1 aliphatic carbocycles. The van der Waals surface area contributed by atoms with Crippen LogP contribution in [0.15, 0.2) is 0 Å². The Hall–Kier alpha value is -0.570. The summed E-state index contributed by atoms with van der Waals surface area (Å²) in [7, 11) is 0. The summed E-state index contributed by atoms with van der Waals surface area (Å²) in [6.07, 6.45) is 8.21. The van der Waals surface area contributed by atoms with Crippen molar-refractivity contribution in [2.75, 3.05) is 6.54 Å². The fourth-order valence-corrected chi connectivity index (χ4v) is 3.99. The molecule has 124 valence electrons. The average Bonchev–Trinajstić information content (AvgIpc) is 2.34. The Labute approximate surface area is 131 Å². The molecule has 21 heavy (non-hydrogen) atoms. The predicted molar refractivity (Wildman–Crippen MR) is 88.0 cm³/mol. The lowest BCUT2D eigenvalue weighted by Gasteiger charge is -2.38. The second-order valence-corrected chi connectivity index (χ2v) is 7.80. The zero-order valence-corrected chi connectivity index (χ0v) is 14.5. The molecule has 1 rings (SSSR count). The topological polar surface area (TPSA) is 52.3 Å². The number of carbonyl (C=O) groups excluding carboxylic acids is 1. The Morgan fingerprint density at radius 2 is 2.00 bits per heavy atom. The molecule has 0 heterocycles. The third-order valence-electron chi connectivity index (χ3n) is 4.67. The maximum absolute atomic E-state index is 12.1. The molecule has 0 radical (unpaired) electrons. The molecule has 0 aliphatic heterocycles. The molecule has 0 aromatic rings. The minimum Gasteiger partial charge on any atom is -0.462 e. The molecule has 3 heteroatoms. The van der Waals surface area contributed by atoms with Gasteiger partial charge in [0.2, 0.25) is 0 Å². The van der Waals surface area contributed by atoms with E-state index in [0.717, 1.165) is 38.5 Å². The van der Waals surface area contributed by atoms with Crippen molar-refractivity contribution in [2.24, 2.45) is 23.0 Å². The first-order valence-corrected chi connectivity index (χ1v) is 8.76. The highest BCUT2D eigenvalue weighted by Gasteiger charge is 2.33. The van der Waals surface area contributed by atoms with Crippen LogP contribution >= 0.6 is 0 Å². The standard InChI is InChI=1S/C18H35NO2/c1-5-6-15(9-10-19)7-8-17(20)21-16-11-14(2)12-18(3,4)13-16/h14-16H,5-13,19H2,1-4H3. The molecule has 0 amide bonds. The van der Waals surface area contributed by atoms with Crippen molar-refractivity contribution in [1.29, 1.82) is 0 Å². The van der Waals surface area contributed by atoms with E-state index < -0.39 is 0 Å². The van der Waals surface area contributed by atoms with Crippen LogP contribution in [0, 0.1) is 17.3 Å². The smallest absolute Gasteiger partial charge is 0.306 e. The van der Waals surface area contributed by atoms with Crippen LogP contribution in [-0.2, 0) is 9.53 Å². The van der Waals surface area contributed by atoms with Crippen LogP contribution in [0.5, 0.6) is 0 Å². The summed E-state index contributed by atoms with van der Waals surface area (Å²) in [6.45, 7) is 9.73. The second kappa shape index (κ2) is 8.77. The van der Waals surface area contributed by atoms with E-state index in [1.165, 1.54) is 6.42 Å². The van der Waals surface area contributed by atoms with Gasteiger partial charge in [0.25, 0.3) is 0 Å².